The number of benzene rings is 1. The minimum absolute atomic E-state index is 0.795. The van der Waals surface area contributed by atoms with Gasteiger partial charge in [-0.05, 0) is 80.1 Å². The second-order valence-electron chi connectivity index (χ2n) is 6.98. The van der Waals surface area contributed by atoms with E-state index in [0.29, 0.717) is 0 Å². The average molecular weight is 308 g/mol. The van der Waals surface area contributed by atoms with Crippen molar-refractivity contribution in [3.05, 3.63) is 34.9 Å². The standard InChI is InChI=1S/C19H30ClN/c1-4-21-13-17-9-8-16(14(2)3)12-18(17)10-15-6-5-7-19(20)11-15/h5-7,11,14,16-18,21H,4,8-10,12-13H2,1-3H3. The molecule has 118 valence electrons. The van der Waals surface area contributed by atoms with Crippen LogP contribution in [0.15, 0.2) is 24.3 Å². The highest BCUT2D eigenvalue weighted by Crippen LogP contribution is 2.39. The Labute approximate surface area is 135 Å². The third kappa shape index (κ3) is 5.00. The van der Waals surface area contributed by atoms with Crippen LogP contribution in [0.2, 0.25) is 5.02 Å². The molecular weight excluding hydrogens is 278 g/mol. The number of nitrogens with one attached hydrogen (secondary N) is 1. The molecular formula is C19H30ClN. The van der Waals surface area contributed by atoms with Crippen molar-refractivity contribution in [2.75, 3.05) is 13.1 Å². The minimum atomic E-state index is 0.795. The lowest BCUT2D eigenvalue weighted by Crippen LogP contribution is -2.35. The van der Waals surface area contributed by atoms with E-state index in [1.807, 2.05) is 6.07 Å². The second-order valence-corrected chi connectivity index (χ2v) is 7.42. The normalized spacial score (nSPS) is 26.2. The summed E-state index contributed by atoms with van der Waals surface area (Å²) in [6, 6.07) is 8.43. The molecule has 1 fully saturated rings. The topological polar surface area (TPSA) is 12.0 Å². The molecule has 1 nitrogen and oxygen atoms in total. The molecule has 1 aliphatic rings. The maximum absolute atomic E-state index is 6.15. The zero-order valence-corrected chi connectivity index (χ0v) is 14.5. The average Bonchev–Trinajstić information content (AvgIpc) is 2.46. The van der Waals surface area contributed by atoms with E-state index in [-0.39, 0.29) is 0 Å². The van der Waals surface area contributed by atoms with Gasteiger partial charge in [-0.15, -0.1) is 0 Å². The molecule has 3 atom stereocenters. The molecule has 0 aromatic heterocycles. The number of rotatable bonds is 6. The Morgan fingerprint density at radius 3 is 2.71 bits per heavy atom. The SMILES string of the molecule is CCNCC1CCC(C(C)C)CC1Cc1cccc(Cl)c1. The first-order valence-electron chi connectivity index (χ1n) is 8.55. The van der Waals surface area contributed by atoms with Crippen LogP contribution < -0.4 is 5.32 Å². The van der Waals surface area contributed by atoms with E-state index in [4.69, 9.17) is 11.6 Å². The van der Waals surface area contributed by atoms with Gasteiger partial charge in [-0.25, -0.2) is 0 Å². The summed E-state index contributed by atoms with van der Waals surface area (Å²) >= 11 is 6.15. The first kappa shape index (κ1) is 16.8. The molecule has 1 N–H and O–H groups in total. The minimum Gasteiger partial charge on any atom is -0.317 e. The van der Waals surface area contributed by atoms with E-state index in [1.54, 1.807) is 0 Å². The van der Waals surface area contributed by atoms with E-state index in [9.17, 15) is 0 Å². The lowest BCUT2D eigenvalue weighted by Gasteiger charge is -2.38. The van der Waals surface area contributed by atoms with Crippen LogP contribution in [0.1, 0.15) is 45.6 Å². The van der Waals surface area contributed by atoms with Crippen LogP contribution in [0.25, 0.3) is 0 Å². The predicted octanol–water partition coefficient (Wildman–Crippen LogP) is 5.18. The predicted molar refractivity (Wildman–Crippen MR) is 92.9 cm³/mol. The zero-order chi connectivity index (χ0) is 15.2. The fourth-order valence-electron chi connectivity index (χ4n) is 3.78. The summed E-state index contributed by atoms with van der Waals surface area (Å²) in [5.74, 6) is 3.32. The Bertz CT molecular complexity index is 429. The molecule has 1 aromatic carbocycles. The second kappa shape index (κ2) is 8.19. The van der Waals surface area contributed by atoms with Crippen molar-refractivity contribution in [1.29, 1.82) is 0 Å². The van der Waals surface area contributed by atoms with Crippen molar-refractivity contribution in [2.45, 2.75) is 46.5 Å². The molecule has 0 amide bonds. The Morgan fingerprint density at radius 2 is 2.05 bits per heavy atom. The summed E-state index contributed by atoms with van der Waals surface area (Å²) in [4.78, 5) is 0. The van der Waals surface area contributed by atoms with Crippen LogP contribution in [0, 0.1) is 23.7 Å². The van der Waals surface area contributed by atoms with Crippen molar-refractivity contribution in [3.63, 3.8) is 0 Å². The molecule has 2 heteroatoms. The van der Waals surface area contributed by atoms with Crippen LogP contribution in [0.3, 0.4) is 0 Å². The molecule has 0 heterocycles. The molecule has 0 radical (unpaired) electrons. The monoisotopic (exact) mass is 307 g/mol. The van der Waals surface area contributed by atoms with Crippen LogP contribution >= 0.6 is 11.6 Å². The van der Waals surface area contributed by atoms with Crippen LogP contribution in [0.4, 0.5) is 0 Å². The van der Waals surface area contributed by atoms with Crippen molar-refractivity contribution in [1.82, 2.24) is 5.32 Å². The lowest BCUT2D eigenvalue weighted by atomic mass is 9.68. The van der Waals surface area contributed by atoms with Gasteiger partial charge in [-0.1, -0.05) is 44.5 Å². The molecule has 0 saturated heterocycles. The van der Waals surface area contributed by atoms with Gasteiger partial charge >= 0.3 is 0 Å². The number of hydrogen-bond donors (Lipinski definition) is 1. The highest BCUT2D eigenvalue weighted by atomic mass is 35.5. The van der Waals surface area contributed by atoms with Crippen molar-refractivity contribution < 1.29 is 0 Å². The molecule has 0 bridgehead atoms. The zero-order valence-electron chi connectivity index (χ0n) is 13.7. The first-order valence-corrected chi connectivity index (χ1v) is 8.93. The fourth-order valence-corrected chi connectivity index (χ4v) is 4.00. The third-order valence-electron chi connectivity index (χ3n) is 5.17. The van der Waals surface area contributed by atoms with Gasteiger partial charge in [0.25, 0.3) is 0 Å². The van der Waals surface area contributed by atoms with E-state index in [1.165, 1.54) is 37.8 Å². The lowest BCUT2D eigenvalue weighted by molar-refractivity contribution is 0.145. The maximum Gasteiger partial charge on any atom is 0.0408 e. The summed E-state index contributed by atoms with van der Waals surface area (Å²) in [6.07, 6.45) is 5.33. The molecule has 21 heavy (non-hydrogen) atoms. The van der Waals surface area contributed by atoms with Gasteiger partial charge in [0.1, 0.15) is 0 Å². The number of halogens is 1. The summed E-state index contributed by atoms with van der Waals surface area (Å²) < 4.78 is 0. The Morgan fingerprint density at radius 1 is 1.24 bits per heavy atom. The van der Waals surface area contributed by atoms with Gasteiger partial charge in [0.2, 0.25) is 0 Å². The highest BCUT2D eigenvalue weighted by Gasteiger charge is 2.31. The molecule has 0 spiro atoms. The third-order valence-corrected chi connectivity index (χ3v) is 5.40. The van der Waals surface area contributed by atoms with Gasteiger partial charge in [-0.3, -0.25) is 0 Å². The van der Waals surface area contributed by atoms with Gasteiger partial charge < -0.3 is 5.32 Å². The molecule has 3 unspecified atom stereocenters. The molecule has 1 aromatic rings. The summed E-state index contributed by atoms with van der Waals surface area (Å²) in [7, 11) is 0. The Balaban J connectivity index is 2.05. The highest BCUT2D eigenvalue weighted by molar-refractivity contribution is 6.30. The summed E-state index contributed by atoms with van der Waals surface area (Å²) in [6.45, 7) is 9.21. The summed E-state index contributed by atoms with van der Waals surface area (Å²) in [5.41, 5.74) is 1.40. The molecule has 1 saturated carbocycles. The van der Waals surface area contributed by atoms with Crippen molar-refractivity contribution in [2.24, 2.45) is 23.7 Å². The molecule has 1 aliphatic carbocycles. The van der Waals surface area contributed by atoms with E-state index in [2.05, 4.69) is 44.3 Å². The van der Waals surface area contributed by atoms with E-state index < -0.39 is 0 Å². The van der Waals surface area contributed by atoms with Gasteiger partial charge in [0, 0.05) is 5.02 Å². The smallest absolute Gasteiger partial charge is 0.0408 e. The Hall–Kier alpha value is -0.530. The van der Waals surface area contributed by atoms with E-state index in [0.717, 1.165) is 35.2 Å². The van der Waals surface area contributed by atoms with Gasteiger partial charge in [0.15, 0.2) is 0 Å². The van der Waals surface area contributed by atoms with Crippen LogP contribution in [-0.4, -0.2) is 13.1 Å². The van der Waals surface area contributed by atoms with Crippen molar-refractivity contribution in [3.8, 4) is 0 Å². The molecule has 2 rings (SSSR count). The van der Waals surface area contributed by atoms with Gasteiger partial charge in [0.05, 0.1) is 0 Å². The van der Waals surface area contributed by atoms with Crippen LogP contribution in [0.5, 0.6) is 0 Å². The first-order chi connectivity index (χ1) is 10.1. The quantitative estimate of drug-likeness (QED) is 0.763. The molecule has 0 aliphatic heterocycles. The Kier molecular flexibility index (Phi) is 6.57. The van der Waals surface area contributed by atoms with Gasteiger partial charge in [-0.2, -0.15) is 0 Å². The van der Waals surface area contributed by atoms with E-state index >= 15 is 0 Å². The van der Waals surface area contributed by atoms with Crippen molar-refractivity contribution >= 4 is 11.6 Å². The summed E-state index contributed by atoms with van der Waals surface area (Å²) in [5, 5.41) is 4.43. The number of hydrogen-bond acceptors (Lipinski definition) is 1. The van der Waals surface area contributed by atoms with Crippen LogP contribution in [-0.2, 0) is 6.42 Å². The fraction of sp³-hybridized carbons (Fsp3) is 0.684. The largest absolute Gasteiger partial charge is 0.317 e. The maximum atomic E-state index is 6.15.